The first-order valence-corrected chi connectivity index (χ1v) is 4.26. The Morgan fingerprint density at radius 1 is 1.38 bits per heavy atom. The lowest BCUT2D eigenvalue weighted by molar-refractivity contribution is -0.520. The summed E-state index contributed by atoms with van der Waals surface area (Å²) >= 11 is 0. The van der Waals surface area contributed by atoms with Gasteiger partial charge in [-0.05, 0) is 0 Å². The van der Waals surface area contributed by atoms with Crippen LogP contribution >= 0.6 is 0 Å². The molecular weight excluding hydrogens is 164 g/mol. The number of hydrogen-bond donors (Lipinski definition) is 0. The zero-order valence-corrected chi connectivity index (χ0v) is 7.68. The van der Waals surface area contributed by atoms with Gasteiger partial charge in [0.1, 0.15) is 6.20 Å². The van der Waals surface area contributed by atoms with Gasteiger partial charge in [0, 0.05) is 17.1 Å². The maximum atomic E-state index is 4.26. The summed E-state index contributed by atoms with van der Waals surface area (Å²) in [5, 5.41) is 7.98. The molecule has 13 heavy (non-hydrogen) atoms. The molecule has 0 saturated heterocycles. The van der Waals surface area contributed by atoms with E-state index >= 15 is 0 Å². The highest BCUT2D eigenvalue weighted by atomic mass is 15.2. The number of rotatable bonds is 1. The van der Waals surface area contributed by atoms with Crippen molar-refractivity contribution in [3.05, 3.63) is 30.5 Å². The monoisotopic (exact) mass is 175 g/mol. The predicted octanol–water partition coefficient (Wildman–Crippen LogP) is 0.734. The van der Waals surface area contributed by atoms with Crippen LogP contribution in [0.5, 0.6) is 0 Å². The highest BCUT2D eigenvalue weighted by molar-refractivity contribution is 5.35. The Morgan fingerprint density at radius 2 is 2.23 bits per heavy atom. The summed E-state index contributed by atoms with van der Waals surface area (Å²) < 4.78 is 1.88. The zero-order chi connectivity index (χ0) is 9.26. The van der Waals surface area contributed by atoms with Crippen LogP contribution in [-0.2, 0) is 0 Å². The summed E-state index contributed by atoms with van der Waals surface area (Å²) in [5.41, 5.74) is 1.82. The minimum atomic E-state index is 0.346. The summed E-state index contributed by atoms with van der Waals surface area (Å²) in [4.78, 5) is 4.26. The molecule has 0 fully saturated rings. The largest absolute Gasteiger partial charge is 0.292 e. The molecular formula is C9H11N4+. The van der Waals surface area contributed by atoms with E-state index in [4.69, 9.17) is 0 Å². The fourth-order valence-electron chi connectivity index (χ4n) is 1.24. The molecule has 2 aromatic heterocycles. The van der Waals surface area contributed by atoms with Crippen molar-refractivity contribution >= 4 is 5.65 Å². The van der Waals surface area contributed by atoms with E-state index in [9.17, 15) is 0 Å². The maximum absolute atomic E-state index is 4.26. The Hall–Kier alpha value is -1.58. The van der Waals surface area contributed by atoms with Gasteiger partial charge in [0.05, 0.1) is 6.20 Å². The van der Waals surface area contributed by atoms with Gasteiger partial charge in [-0.3, -0.25) is 0 Å². The van der Waals surface area contributed by atoms with Crippen molar-refractivity contribution in [3.63, 3.8) is 0 Å². The average Bonchev–Trinajstić information content (AvgIpc) is 2.17. The highest BCUT2D eigenvalue weighted by Gasteiger charge is 2.13. The van der Waals surface area contributed by atoms with Crippen molar-refractivity contribution in [2.75, 3.05) is 0 Å². The van der Waals surface area contributed by atoms with E-state index in [2.05, 4.69) is 29.0 Å². The van der Waals surface area contributed by atoms with E-state index in [-0.39, 0.29) is 0 Å². The molecule has 0 radical (unpaired) electrons. The molecule has 0 aromatic carbocycles. The van der Waals surface area contributed by atoms with Gasteiger partial charge in [0.25, 0.3) is 12.0 Å². The van der Waals surface area contributed by atoms with Crippen molar-refractivity contribution in [1.29, 1.82) is 0 Å². The number of hydrogen-bond acceptors (Lipinski definition) is 3. The summed E-state index contributed by atoms with van der Waals surface area (Å²) in [6, 6.07) is 1.87. The first kappa shape index (κ1) is 8.04. The topological polar surface area (TPSA) is 42.8 Å². The smallest absolute Gasteiger partial charge is 0.203 e. The summed E-state index contributed by atoms with van der Waals surface area (Å²) in [5.74, 6) is 0.346. The van der Waals surface area contributed by atoms with Crippen LogP contribution in [0, 0.1) is 0 Å². The molecule has 0 amide bonds. The normalized spacial score (nSPS) is 11.0. The molecule has 0 saturated carbocycles. The first-order valence-electron chi connectivity index (χ1n) is 4.26. The third kappa shape index (κ3) is 1.35. The molecule has 0 aliphatic carbocycles. The van der Waals surface area contributed by atoms with Gasteiger partial charge in [0.2, 0.25) is 0 Å². The number of nitrogens with zero attached hydrogens (tertiary/aromatic N) is 4. The fraction of sp³-hybridized carbons (Fsp3) is 0.333. The van der Waals surface area contributed by atoms with Gasteiger partial charge in [0.15, 0.2) is 5.69 Å². The predicted molar refractivity (Wildman–Crippen MR) is 47.1 cm³/mol. The molecule has 4 heteroatoms. The molecule has 0 unspecified atom stereocenters. The molecule has 2 rings (SSSR count). The van der Waals surface area contributed by atoms with Crippen LogP contribution in [0.1, 0.15) is 25.5 Å². The van der Waals surface area contributed by atoms with Crippen LogP contribution in [0.4, 0.5) is 0 Å². The minimum Gasteiger partial charge on any atom is -0.203 e. The van der Waals surface area contributed by atoms with E-state index < -0.39 is 0 Å². The van der Waals surface area contributed by atoms with Crippen molar-refractivity contribution < 1.29 is 4.40 Å². The van der Waals surface area contributed by atoms with E-state index in [0.29, 0.717) is 5.92 Å². The number of aromatic nitrogens is 4. The van der Waals surface area contributed by atoms with Crippen molar-refractivity contribution in [2.24, 2.45) is 0 Å². The van der Waals surface area contributed by atoms with E-state index in [1.54, 1.807) is 12.5 Å². The second kappa shape index (κ2) is 3.05. The lowest BCUT2D eigenvalue weighted by Crippen LogP contribution is -2.25. The lowest BCUT2D eigenvalue weighted by atomic mass is 10.1. The van der Waals surface area contributed by atoms with Crippen molar-refractivity contribution in [3.8, 4) is 0 Å². The lowest BCUT2D eigenvalue weighted by Gasteiger charge is -2.00. The molecule has 0 atom stereocenters. The molecule has 0 aliphatic heterocycles. The second-order valence-corrected chi connectivity index (χ2v) is 3.22. The maximum Gasteiger partial charge on any atom is 0.292 e. The Labute approximate surface area is 76.3 Å². The van der Waals surface area contributed by atoms with Gasteiger partial charge in [-0.2, -0.15) is 0 Å². The van der Waals surface area contributed by atoms with Crippen LogP contribution in [0.15, 0.2) is 24.8 Å². The Morgan fingerprint density at radius 3 is 3.00 bits per heavy atom. The first-order chi connectivity index (χ1) is 6.29. The highest BCUT2D eigenvalue weighted by Crippen LogP contribution is 2.11. The van der Waals surface area contributed by atoms with Gasteiger partial charge < -0.3 is 0 Å². The fourth-order valence-corrected chi connectivity index (χ4v) is 1.24. The Balaban J connectivity index is 2.76. The molecule has 66 valence electrons. The van der Waals surface area contributed by atoms with Crippen LogP contribution in [0.2, 0.25) is 0 Å². The third-order valence-electron chi connectivity index (χ3n) is 1.89. The molecule has 2 aromatic rings. The molecule has 0 spiro atoms. The Bertz CT molecular complexity index is 419. The summed E-state index contributed by atoms with van der Waals surface area (Å²) in [7, 11) is 0. The standard InChI is InChI=1S/C9H11N4/c1-7(2)8-9-10-4-3-5-13(9)6-11-12-8/h3-7H,1-2H3/q+1. The number of fused-ring (bicyclic) bond motifs is 1. The molecule has 2 heterocycles. The summed E-state index contributed by atoms with van der Waals surface area (Å²) in [6.45, 7) is 4.16. The minimum absolute atomic E-state index is 0.346. The van der Waals surface area contributed by atoms with Crippen LogP contribution in [0.25, 0.3) is 5.65 Å². The SMILES string of the molecule is CC(C)c1nnc[n+]2cccnc12. The van der Waals surface area contributed by atoms with E-state index in [0.717, 1.165) is 11.3 Å². The summed E-state index contributed by atoms with van der Waals surface area (Å²) in [6.07, 6.45) is 5.35. The second-order valence-electron chi connectivity index (χ2n) is 3.22. The molecule has 0 N–H and O–H groups in total. The van der Waals surface area contributed by atoms with Crippen LogP contribution < -0.4 is 4.40 Å². The Kier molecular flexibility index (Phi) is 1.88. The van der Waals surface area contributed by atoms with Crippen molar-refractivity contribution in [2.45, 2.75) is 19.8 Å². The van der Waals surface area contributed by atoms with Crippen LogP contribution in [0.3, 0.4) is 0 Å². The van der Waals surface area contributed by atoms with Gasteiger partial charge >= 0.3 is 0 Å². The molecule has 0 bridgehead atoms. The van der Waals surface area contributed by atoms with Gasteiger partial charge in [-0.1, -0.05) is 18.9 Å². The zero-order valence-electron chi connectivity index (χ0n) is 7.68. The van der Waals surface area contributed by atoms with E-state index in [1.807, 2.05) is 16.7 Å². The average molecular weight is 175 g/mol. The third-order valence-corrected chi connectivity index (χ3v) is 1.89. The van der Waals surface area contributed by atoms with Crippen LogP contribution in [-0.4, -0.2) is 15.2 Å². The van der Waals surface area contributed by atoms with Crippen molar-refractivity contribution in [1.82, 2.24) is 15.2 Å². The van der Waals surface area contributed by atoms with Gasteiger partial charge in [-0.25, -0.2) is 4.40 Å². The van der Waals surface area contributed by atoms with E-state index in [1.165, 1.54) is 0 Å². The molecule has 4 nitrogen and oxygen atoms in total. The van der Waals surface area contributed by atoms with Gasteiger partial charge in [-0.15, -0.1) is 4.98 Å². The quantitative estimate of drug-likeness (QED) is 0.600. The molecule has 0 aliphatic rings.